The Morgan fingerprint density at radius 2 is 0.655 bits per heavy atom. The lowest BCUT2D eigenvalue weighted by Gasteiger charge is -2.33. The van der Waals surface area contributed by atoms with Crippen LogP contribution in [-0.4, -0.2) is 272 Å². The van der Waals surface area contributed by atoms with E-state index in [2.05, 4.69) is 44.8 Å². The van der Waals surface area contributed by atoms with Crippen LogP contribution in [0, 0.1) is 0 Å². The molecule has 3 heterocycles. The average molecular weight is 1740 g/mol. The summed E-state index contributed by atoms with van der Waals surface area (Å²) in [6.07, 6.45) is 0.833. The lowest BCUT2D eigenvalue weighted by Crippen LogP contribution is -2.45. The van der Waals surface area contributed by atoms with Crippen LogP contribution in [-0.2, 0) is 78.1 Å². The summed E-state index contributed by atoms with van der Waals surface area (Å²) in [6.45, 7) is 7.67. The third kappa shape index (κ3) is 27.7. The number of sulfonamides is 3. The van der Waals surface area contributed by atoms with Gasteiger partial charge in [0.05, 0.1) is 94.0 Å². The van der Waals surface area contributed by atoms with Crippen LogP contribution >= 0.6 is 69.6 Å². The first kappa shape index (κ1) is 91.1. The first-order chi connectivity index (χ1) is 54.1. The first-order valence-corrected chi connectivity index (χ1v) is 44.0. The minimum Gasteiger partial charge on any atom is -0.378 e. The highest BCUT2D eigenvalue weighted by Gasteiger charge is 2.32. The summed E-state index contributed by atoms with van der Waals surface area (Å²) in [7, 11) is -2.36. The third-order valence-corrected chi connectivity index (χ3v) is 25.4. The molecule has 9 rings (SSSR count). The minimum absolute atomic E-state index is 0.0177. The van der Waals surface area contributed by atoms with Gasteiger partial charge in [-0.3, -0.25) is 0 Å². The van der Waals surface area contributed by atoms with E-state index in [0.717, 1.165) is 50.1 Å². The molecule has 3 atom stereocenters. The van der Waals surface area contributed by atoms with E-state index in [0.29, 0.717) is 95.3 Å². The SMILES string of the molecule is CN1Cc2c(Cl)cc(Cl)cc2[C@H](c2cccc(S(=O)(=O)NCCOCCOCCNC(=O)N(C)CCCN(CCCN(C)C(=O)NCCOCCOCCNS(=O)(=O)c3cccc([C@@H]4CN(C)Cc5c(Cl)cc(Cl)cc54)c3)C(=O)NCCOCCOCCNS(=O)(=O)c3cccc([C@@H]4CN(C)Cc5c(Cl)cc(Cl)cc54)c3)c2)C1. The molecule has 3 aliphatic rings. The van der Waals surface area contributed by atoms with Gasteiger partial charge in [-0.1, -0.05) is 106 Å². The van der Waals surface area contributed by atoms with Gasteiger partial charge in [0, 0.05) is 167 Å². The summed E-state index contributed by atoms with van der Waals surface area (Å²) in [6, 6.07) is 30.3. The molecule has 0 aliphatic carbocycles. The maximum atomic E-state index is 13.7. The Morgan fingerprint density at radius 1 is 0.381 bits per heavy atom. The fraction of sp³-hybridized carbons (Fsp3) is 0.494. The molecule has 6 aromatic carbocycles. The van der Waals surface area contributed by atoms with E-state index in [9.17, 15) is 39.6 Å². The maximum Gasteiger partial charge on any atom is 0.317 e. The predicted octanol–water partition coefficient (Wildman–Crippen LogP) is 9.75. The quantitative estimate of drug-likeness (QED) is 0.0194. The minimum atomic E-state index is -3.88. The Morgan fingerprint density at radius 3 is 0.947 bits per heavy atom. The molecular weight excluding hydrogens is 1640 g/mol. The molecule has 27 nitrogen and oxygen atoms in total. The van der Waals surface area contributed by atoms with Crippen LogP contribution in [0.1, 0.15) is 80.7 Å². The average Bonchev–Trinajstić information content (AvgIpc) is 0.782. The van der Waals surface area contributed by atoms with Gasteiger partial charge < -0.3 is 73.8 Å². The van der Waals surface area contributed by atoms with Gasteiger partial charge >= 0.3 is 18.1 Å². The molecule has 0 saturated heterocycles. The summed E-state index contributed by atoms with van der Waals surface area (Å²) >= 11 is 38.9. The van der Waals surface area contributed by atoms with Gasteiger partial charge in [0.1, 0.15) is 0 Å². The lowest BCUT2D eigenvalue weighted by molar-refractivity contribution is 0.0511. The standard InChI is InChI=1S/C77H102Cl6N12O15S3/c1-90-48-66(63-42-57(78)45-72(81)69(63)51-90)54-11-6-14-60(39-54)111(99,100)87-20-30-108-36-33-105-27-17-84-75(96)93(4)23-9-25-95(77(98)86-19-29-107-35-38-110-32-22-89-113(103,104)62-16-8-13-56(41-62)68-50-92(3)53-71-65(68)44-59(80)47-74(71)83)26-10-24-94(5)76(97)85-18-28-106-34-37-109-31-21-88-112(101,102)61-15-7-12-55(40-61)67-49-91(2)52-70-64(67)43-58(79)46-73(70)82/h6-8,11-16,39-47,66-68,87-89H,9-10,17-38,48-53H2,1-5H3,(H,84,96)(H,85,97)(H,86,98)/t66-,67-,68-/m0/s1. The number of carbonyl (C=O) groups is 3. The molecule has 0 saturated carbocycles. The molecule has 0 fully saturated rings. The van der Waals surface area contributed by atoms with Gasteiger partial charge in [0.15, 0.2) is 0 Å². The zero-order chi connectivity index (χ0) is 81.2. The Labute approximate surface area is 694 Å². The van der Waals surface area contributed by atoms with Crippen molar-refractivity contribution in [3.8, 4) is 0 Å². The van der Waals surface area contributed by atoms with Crippen molar-refractivity contribution >= 4 is 118 Å². The normalized spacial score (nSPS) is 16.1. The zero-order valence-electron chi connectivity index (χ0n) is 64.1. The zero-order valence-corrected chi connectivity index (χ0v) is 71.1. The first-order valence-electron chi connectivity index (χ1n) is 37.3. The highest BCUT2D eigenvalue weighted by atomic mass is 35.5. The van der Waals surface area contributed by atoms with E-state index in [4.69, 9.17) is 98.0 Å². The molecule has 0 radical (unpaired) electrons. The molecule has 3 aliphatic heterocycles. The number of rotatable bonds is 44. The molecule has 113 heavy (non-hydrogen) atoms. The number of carbonyl (C=O) groups excluding carboxylic acids is 3. The molecule has 0 unspecified atom stereocenters. The number of hydrogen-bond donors (Lipinski definition) is 6. The van der Waals surface area contributed by atoms with E-state index in [-0.39, 0.29) is 182 Å². The molecule has 6 N–H and O–H groups in total. The summed E-state index contributed by atoms with van der Waals surface area (Å²) in [5.41, 5.74) is 8.29. The summed E-state index contributed by atoms with van der Waals surface area (Å²) in [5.74, 6) is -0.402. The highest BCUT2D eigenvalue weighted by Crippen LogP contribution is 2.42. The smallest absolute Gasteiger partial charge is 0.317 e. The van der Waals surface area contributed by atoms with E-state index in [1.54, 1.807) is 91.8 Å². The van der Waals surface area contributed by atoms with Crippen molar-refractivity contribution in [1.82, 2.24) is 59.5 Å². The van der Waals surface area contributed by atoms with E-state index in [1.165, 1.54) is 9.80 Å². The predicted molar refractivity (Wildman–Crippen MR) is 440 cm³/mol. The van der Waals surface area contributed by atoms with Gasteiger partial charge in [0.25, 0.3) is 0 Å². The van der Waals surface area contributed by atoms with E-state index in [1.807, 2.05) is 57.5 Å². The molecule has 620 valence electrons. The van der Waals surface area contributed by atoms with Crippen LogP contribution < -0.4 is 30.1 Å². The third-order valence-electron chi connectivity index (χ3n) is 19.3. The fourth-order valence-corrected chi connectivity index (χ4v) is 18.5. The summed E-state index contributed by atoms with van der Waals surface area (Å²) < 4.78 is 122. The Kier molecular flexibility index (Phi) is 36.1. The van der Waals surface area contributed by atoms with Crippen molar-refractivity contribution in [3.05, 3.63) is 189 Å². The van der Waals surface area contributed by atoms with Crippen molar-refractivity contribution in [1.29, 1.82) is 0 Å². The maximum absolute atomic E-state index is 13.7. The van der Waals surface area contributed by atoms with Gasteiger partial charge in [-0.2, -0.15) is 0 Å². The van der Waals surface area contributed by atoms with Gasteiger partial charge in [-0.25, -0.2) is 53.8 Å². The van der Waals surface area contributed by atoms with Crippen LogP contribution in [0.15, 0.2) is 124 Å². The van der Waals surface area contributed by atoms with Crippen molar-refractivity contribution in [2.75, 3.05) is 200 Å². The van der Waals surface area contributed by atoms with Crippen LogP contribution in [0.4, 0.5) is 14.4 Å². The fourth-order valence-electron chi connectivity index (χ4n) is 13.6. The number of nitrogens with one attached hydrogen (secondary N) is 6. The van der Waals surface area contributed by atoms with E-state index >= 15 is 0 Å². The Bertz CT molecular complexity index is 4340. The topological polar surface area (TPSA) is 301 Å². The number of ether oxygens (including phenoxy) is 6. The van der Waals surface area contributed by atoms with Crippen LogP contribution in [0.3, 0.4) is 0 Å². The highest BCUT2D eigenvalue weighted by molar-refractivity contribution is 7.90. The molecule has 0 spiro atoms. The lowest BCUT2D eigenvalue weighted by atomic mass is 9.85. The number of halogens is 6. The number of amides is 6. The molecule has 0 aromatic heterocycles. The molecule has 6 aromatic rings. The molecule has 0 bridgehead atoms. The Balaban J connectivity index is 0.647. The van der Waals surface area contributed by atoms with Crippen LogP contribution in [0.25, 0.3) is 0 Å². The van der Waals surface area contributed by atoms with Crippen LogP contribution in [0.5, 0.6) is 0 Å². The van der Waals surface area contributed by atoms with Crippen LogP contribution in [0.2, 0.25) is 30.1 Å². The summed E-state index contributed by atoms with van der Waals surface area (Å²) in [4.78, 5) is 51.3. The van der Waals surface area contributed by atoms with Crippen molar-refractivity contribution in [2.45, 2.75) is 64.9 Å². The van der Waals surface area contributed by atoms with Crippen molar-refractivity contribution in [3.63, 3.8) is 0 Å². The van der Waals surface area contributed by atoms with Gasteiger partial charge in [0.2, 0.25) is 30.1 Å². The second-order valence-electron chi connectivity index (χ2n) is 27.9. The molecular formula is C77H102Cl6N12O15S3. The van der Waals surface area contributed by atoms with Gasteiger partial charge in [-0.15, -0.1) is 0 Å². The van der Waals surface area contributed by atoms with Crippen molar-refractivity contribution < 1.29 is 68.1 Å². The molecule has 6 amide bonds. The number of hydrogen-bond acceptors (Lipinski definition) is 18. The number of nitrogens with zero attached hydrogens (tertiary/aromatic N) is 6. The Hall–Kier alpha value is -5.76. The second-order valence-corrected chi connectivity index (χ2v) is 35.8. The largest absolute Gasteiger partial charge is 0.378 e. The molecule has 36 heteroatoms. The number of urea groups is 3. The number of benzene rings is 6. The second kappa shape index (κ2) is 44.7. The van der Waals surface area contributed by atoms with Gasteiger partial charge in [-0.05, 0) is 157 Å². The van der Waals surface area contributed by atoms with E-state index < -0.39 is 30.1 Å². The monoisotopic (exact) mass is 1740 g/mol. The number of fused-ring (bicyclic) bond motifs is 3. The number of likely N-dealkylation sites (N-methyl/N-ethyl adjacent to an activating group) is 3. The van der Waals surface area contributed by atoms with Crippen molar-refractivity contribution in [2.24, 2.45) is 0 Å². The summed E-state index contributed by atoms with van der Waals surface area (Å²) in [5, 5.41) is 11.8.